The van der Waals surface area contributed by atoms with E-state index in [1.807, 2.05) is 72.2 Å². The average Bonchev–Trinajstić information content (AvgIpc) is 3.50. The van der Waals surface area contributed by atoms with E-state index in [9.17, 15) is 4.79 Å². The monoisotopic (exact) mass is 474 g/mol. The van der Waals surface area contributed by atoms with Gasteiger partial charge in [0.1, 0.15) is 12.4 Å². The van der Waals surface area contributed by atoms with Gasteiger partial charge in [0.25, 0.3) is 0 Å². The van der Waals surface area contributed by atoms with Crippen molar-refractivity contribution in [3.05, 3.63) is 84.7 Å². The van der Waals surface area contributed by atoms with E-state index in [-0.39, 0.29) is 19.3 Å². The Balaban J connectivity index is 1.33. The van der Waals surface area contributed by atoms with Crippen LogP contribution in [0.5, 0.6) is 17.2 Å². The molecule has 0 aliphatic carbocycles. The molecule has 0 unspecified atom stereocenters. The van der Waals surface area contributed by atoms with Gasteiger partial charge in [-0.2, -0.15) is 0 Å². The summed E-state index contributed by atoms with van der Waals surface area (Å²) in [7, 11) is 0. The number of fused-ring (bicyclic) bond motifs is 1. The van der Waals surface area contributed by atoms with Crippen LogP contribution >= 0.6 is 11.8 Å². The summed E-state index contributed by atoms with van der Waals surface area (Å²) in [6.07, 6.45) is 0. The Hall–Kier alpha value is -3.98. The third kappa shape index (κ3) is 4.84. The molecule has 1 aromatic heterocycles. The van der Waals surface area contributed by atoms with E-state index in [2.05, 4.69) is 15.5 Å². The van der Waals surface area contributed by atoms with Gasteiger partial charge in [0, 0.05) is 17.4 Å². The number of anilines is 1. The molecule has 1 aliphatic rings. The number of para-hydroxylation sites is 2. The summed E-state index contributed by atoms with van der Waals surface area (Å²) in [6, 6.07) is 24.6. The summed E-state index contributed by atoms with van der Waals surface area (Å²) >= 11 is 1.33. The minimum absolute atomic E-state index is 0.159. The third-order valence-electron chi connectivity index (χ3n) is 5.12. The second kappa shape index (κ2) is 9.88. The largest absolute Gasteiger partial charge is 0.486 e. The molecular weight excluding hydrogens is 452 g/mol. The lowest BCUT2D eigenvalue weighted by Gasteiger charge is -2.14. The van der Waals surface area contributed by atoms with Gasteiger partial charge >= 0.3 is 0 Å². The molecule has 2 heterocycles. The maximum absolute atomic E-state index is 12.9. The Labute approximate surface area is 200 Å². The van der Waals surface area contributed by atoms with Gasteiger partial charge in [-0.3, -0.25) is 9.36 Å². The van der Waals surface area contributed by atoms with E-state index in [0.29, 0.717) is 28.2 Å². The lowest BCUT2D eigenvalue weighted by Crippen LogP contribution is -2.23. The number of aromatic nitrogens is 3. The number of carbonyl (C=O) groups is 1. The molecule has 0 radical (unpaired) electrons. The van der Waals surface area contributed by atoms with Crippen LogP contribution in [-0.2, 0) is 11.4 Å². The van der Waals surface area contributed by atoms with E-state index < -0.39 is 5.25 Å². The zero-order chi connectivity index (χ0) is 23.3. The van der Waals surface area contributed by atoms with Crippen LogP contribution in [0.15, 0.2) is 84.0 Å². The lowest BCUT2D eigenvalue weighted by molar-refractivity contribution is -0.115. The number of thioether (sulfide) groups is 1. The van der Waals surface area contributed by atoms with Gasteiger partial charge in [-0.1, -0.05) is 48.2 Å². The minimum atomic E-state index is -0.431. The zero-order valence-electron chi connectivity index (χ0n) is 18.4. The molecule has 8 nitrogen and oxygen atoms in total. The van der Waals surface area contributed by atoms with Crippen molar-refractivity contribution >= 4 is 23.4 Å². The van der Waals surface area contributed by atoms with Gasteiger partial charge in [-0.25, -0.2) is 0 Å². The number of amides is 1. The molecule has 4 aromatic rings. The lowest BCUT2D eigenvalue weighted by atomic mass is 10.2. The van der Waals surface area contributed by atoms with Crippen molar-refractivity contribution in [2.45, 2.75) is 23.9 Å². The van der Waals surface area contributed by atoms with Crippen LogP contribution < -0.4 is 19.5 Å². The van der Waals surface area contributed by atoms with Crippen molar-refractivity contribution in [1.29, 1.82) is 0 Å². The second-order valence-electron chi connectivity index (χ2n) is 7.49. The van der Waals surface area contributed by atoms with Crippen LogP contribution in [0, 0.1) is 0 Å². The molecule has 0 spiro atoms. The topological polar surface area (TPSA) is 87.5 Å². The maximum atomic E-state index is 12.9. The highest BCUT2D eigenvalue weighted by molar-refractivity contribution is 8.00. The first-order chi connectivity index (χ1) is 16.7. The summed E-state index contributed by atoms with van der Waals surface area (Å²) < 4.78 is 18.5. The van der Waals surface area contributed by atoms with Crippen molar-refractivity contribution in [1.82, 2.24) is 14.8 Å². The molecule has 0 saturated carbocycles. The highest BCUT2D eigenvalue weighted by Gasteiger charge is 2.22. The Morgan fingerprint density at radius 1 is 1.03 bits per heavy atom. The number of benzene rings is 3. The van der Waals surface area contributed by atoms with Gasteiger partial charge in [-0.15, -0.1) is 10.2 Å². The van der Waals surface area contributed by atoms with Crippen LogP contribution in [-0.4, -0.2) is 32.7 Å². The number of rotatable bonds is 8. The van der Waals surface area contributed by atoms with Crippen molar-refractivity contribution in [3.8, 4) is 22.9 Å². The molecule has 9 heteroatoms. The molecule has 0 bridgehead atoms. The van der Waals surface area contributed by atoms with Crippen molar-refractivity contribution < 1.29 is 19.0 Å². The first-order valence-electron chi connectivity index (χ1n) is 10.7. The quantitative estimate of drug-likeness (QED) is 0.371. The van der Waals surface area contributed by atoms with Crippen molar-refractivity contribution in [2.24, 2.45) is 0 Å². The predicted octanol–water partition coefficient (Wildman–Crippen LogP) is 4.69. The number of carbonyl (C=O) groups excluding carboxylic acids is 1. The fourth-order valence-corrected chi connectivity index (χ4v) is 4.29. The summed E-state index contributed by atoms with van der Waals surface area (Å²) in [4.78, 5) is 12.9. The van der Waals surface area contributed by atoms with Crippen LogP contribution in [0.3, 0.4) is 0 Å². The molecule has 0 saturated heterocycles. The van der Waals surface area contributed by atoms with Crippen LogP contribution in [0.1, 0.15) is 12.7 Å². The van der Waals surface area contributed by atoms with E-state index in [1.165, 1.54) is 11.8 Å². The van der Waals surface area contributed by atoms with E-state index in [1.54, 1.807) is 18.2 Å². The molecule has 172 valence electrons. The molecule has 5 rings (SSSR count). The van der Waals surface area contributed by atoms with Crippen molar-refractivity contribution in [2.75, 3.05) is 12.1 Å². The third-order valence-corrected chi connectivity index (χ3v) is 6.16. The number of nitrogens with zero attached hydrogens (tertiary/aromatic N) is 3. The Bertz CT molecular complexity index is 1280. The highest BCUT2D eigenvalue weighted by Crippen LogP contribution is 2.34. The number of nitrogens with one attached hydrogen (secondary N) is 1. The number of hydrogen-bond acceptors (Lipinski definition) is 7. The van der Waals surface area contributed by atoms with Gasteiger partial charge in [0.2, 0.25) is 12.7 Å². The fourth-order valence-electron chi connectivity index (χ4n) is 3.40. The number of ether oxygens (including phenoxy) is 3. The molecular formula is C25H22N4O4S. The normalized spacial score (nSPS) is 12.9. The smallest absolute Gasteiger partial charge is 0.237 e. The van der Waals surface area contributed by atoms with Gasteiger partial charge in [-0.05, 0) is 43.3 Å². The SMILES string of the molecule is C[C@H](Sc1nnc(COc2ccccc2)n1-c1ccccc1)C(=O)Nc1ccc2c(c1)OCO2. The van der Waals surface area contributed by atoms with E-state index in [4.69, 9.17) is 14.2 Å². The highest BCUT2D eigenvalue weighted by atomic mass is 32.2. The molecule has 1 amide bonds. The van der Waals surface area contributed by atoms with Gasteiger partial charge < -0.3 is 19.5 Å². The summed E-state index contributed by atoms with van der Waals surface area (Å²) in [5.74, 6) is 2.51. The van der Waals surface area contributed by atoms with Crippen molar-refractivity contribution in [3.63, 3.8) is 0 Å². The van der Waals surface area contributed by atoms with Crippen LogP contribution in [0.2, 0.25) is 0 Å². The van der Waals surface area contributed by atoms with E-state index >= 15 is 0 Å². The molecule has 1 aliphatic heterocycles. The molecule has 3 aromatic carbocycles. The first-order valence-corrected chi connectivity index (χ1v) is 11.6. The summed E-state index contributed by atoms with van der Waals surface area (Å²) in [6.45, 7) is 2.26. The van der Waals surface area contributed by atoms with Gasteiger partial charge in [0.05, 0.1) is 5.25 Å². The first kappa shape index (κ1) is 21.8. The molecule has 0 fully saturated rings. The Morgan fingerprint density at radius 3 is 2.56 bits per heavy atom. The number of hydrogen-bond donors (Lipinski definition) is 1. The zero-order valence-corrected chi connectivity index (χ0v) is 19.2. The van der Waals surface area contributed by atoms with Gasteiger partial charge in [0.15, 0.2) is 22.5 Å². The minimum Gasteiger partial charge on any atom is -0.486 e. The Morgan fingerprint density at radius 2 is 1.76 bits per heavy atom. The van der Waals surface area contributed by atoms with Crippen LogP contribution in [0.25, 0.3) is 5.69 Å². The summed E-state index contributed by atoms with van der Waals surface area (Å²) in [5.41, 5.74) is 1.54. The fraction of sp³-hybridized carbons (Fsp3) is 0.160. The Kier molecular flexibility index (Phi) is 6.35. The van der Waals surface area contributed by atoms with Crippen LogP contribution in [0.4, 0.5) is 5.69 Å². The van der Waals surface area contributed by atoms with E-state index in [0.717, 1.165) is 11.4 Å². The standard InChI is InChI=1S/C25H22N4O4S/c1-17(24(30)26-18-12-13-21-22(14-18)33-16-32-21)34-25-28-27-23(15-31-20-10-6-3-7-11-20)29(25)19-8-4-2-5-9-19/h2-14,17H,15-16H2,1H3,(H,26,30)/t17-/m0/s1. The maximum Gasteiger partial charge on any atom is 0.237 e. The second-order valence-corrected chi connectivity index (χ2v) is 8.80. The predicted molar refractivity (Wildman–Crippen MR) is 129 cm³/mol. The molecule has 1 N–H and O–H groups in total. The molecule has 34 heavy (non-hydrogen) atoms. The molecule has 1 atom stereocenters. The summed E-state index contributed by atoms with van der Waals surface area (Å²) in [5, 5.41) is 11.8. The average molecular weight is 475 g/mol.